The van der Waals surface area contributed by atoms with Crippen LogP contribution in [0, 0.1) is 11.8 Å². The maximum atomic E-state index is 11.8. The summed E-state index contributed by atoms with van der Waals surface area (Å²) in [5, 5.41) is 12.0. The average molecular weight is 256 g/mol. The summed E-state index contributed by atoms with van der Waals surface area (Å²) in [5.41, 5.74) is 0. The molecule has 0 saturated carbocycles. The van der Waals surface area contributed by atoms with Crippen molar-refractivity contribution in [2.75, 3.05) is 19.6 Å². The van der Waals surface area contributed by atoms with Crippen LogP contribution >= 0.6 is 0 Å². The lowest BCUT2D eigenvalue weighted by Gasteiger charge is -2.17. The van der Waals surface area contributed by atoms with Crippen molar-refractivity contribution < 1.29 is 14.7 Å². The van der Waals surface area contributed by atoms with Gasteiger partial charge in [-0.25, -0.2) is 0 Å². The lowest BCUT2D eigenvalue weighted by atomic mass is 9.99. The fourth-order valence-corrected chi connectivity index (χ4v) is 2.55. The van der Waals surface area contributed by atoms with Crippen molar-refractivity contribution in [3.63, 3.8) is 0 Å². The Morgan fingerprint density at radius 3 is 2.61 bits per heavy atom. The molecule has 0 aromatic heterocycles. The zero-order valence-corrected chi connectivity index (χ0v) is 11.5. The Kier molecular flexibility index (Phi) is 5.59. The van der Waals surface area contributed by atoms with Crippen molar-refractivity contribution in [1.82, 2.24) is 10.2 Å². The first-order valence-corrected chi connectivity index (χ1v) is 6.68. The molecule has 3 atom stereocenters. The molecule has 0 bridgehead atoms. The number of hydrogen-bond donors (Lipinski definition) is 2. The third-order valence-corrected chi connectivity index (χ3v) is 3.50. The van der Waals surface area contributed by atoms with Gasteiger partial charge >= 0.3 is 5.97 Å². The molecule has 1 fully saturated rings. The van der Waals surface area contributed by atoms with E-state index in [1.54, 1.807) is 0 Å². The van der Waals surface area contributed by atoms with Crippen LogP contribution in [-0.4, -0.2) is 47.6 Å². The normalized spacial score (nSPS) is 25.9. The van der Waals surface area contributed by atoms with Gasteiger partial charge in [0.05, 0.1) is 12.5 Å². The largest absolute Gasteiger partial charge is 0.481 e. The number of hydrogen-bond acceptors (Lipinski definition) is 3. The molecular weight excluding hydrogens is 232 g/mol. The van der Waals surface area contributed by atoms with E-state index >= 15 is 0 Å². The second kappa shape index (κ2) is 6.73. The molecule has 0 spiro atoms. The molecule has 1 amide bonds. The summed E-state index contributed by atoms with van der Waals surface area (Å²) in [6.45, 7) is 7.48. The van der Waals surface area contributed by atoms with Crippen LogP contribution in [0.15, 0.2) is 0 Å². The Morgan fingerprint density at radius 1 is 1.44 bits per heavy atom. The van der Waals surface area contributed by atoms with E-state index in [9.17, 15) is 9.59 Å². The number of aliphatic carboxylic acids is 1. The molecule has 1 saturated heterocycles. The number of carbonyl (C=O) groups excluding carboxylic acids is 1. The summed E-state index contributed by atoms with van der Waals surface area (Å²) in [6, 6.07) is 0.192. The SMILES string of the molecule is CCCC(C)NC(=O)CN1C[C@@H](C)[C@H](C(=O)O)C1. The van der Waals surface area contributed by atoms with Crippen molar-refractivity contribution in [3.8, 4) is 0 Å². The molecule has 5 heteroatoms. The highest BCUT2D eigenvalue weighted by Crippen LogP contribution is 2.22. The highest BCUT2D eigenvalue weighted by molar-refractivity contribution is 5.78. The number of carboxylic acid groups (broad SMARTS) is 1. The Balaban J connectivity index is 2.36. The smallest absolute Gasteiger partial charge is 0.308 e. The maximum absolute atomic E-state index is 11.8. The molecule has 5 nitrogen and oxygen atoms in total. The lowest BCUT2D eigenvalue weighted by molar-refractivity contribution is -0.142. The zero-order valence-electron chi connectivity index (χ0n) is 11.5. The molecule has 1 rings (SSSR count). The van der Waals surface area contributed by atoms with Gasteiger partial charge in [0.15, 0.2) is 0 Å². The van der Waals surface area contributed by atoms with Crippen LogP contribution in [0.3, 0.4) is 0 Å². The Bertz CT molecular complexity index is 307. The highest BCUT2D eigenvalue weighted by Gasteiger charge is 2.35. The monoisotopic (exact) mass is 256 g/mol. The molecule has 18 heavy (non-hydrogen) atoms. The number of amides is 1. The topological polar surface area (TPSA) is 69.6 Å². The predicted molar refractivity (Wildman–Crippen MR) is 69.2 cm³/mol. The Labute approximate surface area is 109 Å². The van der Waals surface area contributed by atoms with Crippen LogP contribution in [0.5, 0.6) is 0 Å². The minimum Gasteiger partial charge on any atom is -0.481 e. The van der Waals surface area contributed by atoms with Crippen molar-refractivity contribution in [1.29, 1.82) is 0 Å². The molecule has 104 valence electrons. The summed E-state index contributed by atoms with van der Waals surface area (Å²) in [5.74, 6) is -0.992. The van der Waals surface area contributed by atoms with Gasteiger partial charge < -0.3 is 10.4 Å². The Morgan fingerprint density at radius 2 is 2.11 bits per heavy atom. The van der Waals surface area contributed by atoms with Gasteiger partial charge in [-0.05, 0) is 19.3 Å². The second-order valence-electron chi connectivity index (χ2n) is 5.37. The minimum absolute atomic E-state index is 0.00538. The molecule has 1 unspecified atom stereocenters. The fraction of sp³-hybridized carbons (Fsp3) is 0.846. The summed E-state index contributed by atoms with van der Waals surface area (Å²) in [7, 11) is 0. The van der Waals surface area contributed by atoms with Crippen LogP contribution in [0.1, 0.15) is 33.6 Å². The first-order chi connectivity index (χ1) is 8.43. The highest BCUT2D eigenvalue weighted by atomic mass is 16.4. The van der Waals surface area contributed by atoms with E-state index < -0.39 is 5.97 Å². The Hall–Kier alpha value is -1.10. The molecule has 2 N–H and O–H groups in total. The average Bonchev–Trinajstić information content (AvgIpc) is 2.59. The van der Waals surface area contributed by atoms with Crippen molar-refractivity contribution in [3.05, 3.63) is 0 Å². The van der Waals surface area contributed by atoms with Gasteiger partial charge in [-0.2, -0.15) is 0 Å². The van der Waals surface area contributed by atoms with E-state index in [0.29, 0.717) is 19.6 Å². The number of carbonyl (C=O) groups is 2. The van der Waals surface area contributed by atoms with Gasteiger partial charge in [0, 0.05) is 19.1 Å². The van der Waals surface area contributed by atoms with E-state index in [1.165, 1.54) is 0 Å². The first kappa shape index (κ1) is 15.0. The number of carboxylic acids is 1. The van der Waals surface area contributed by atoms with Crippen LogP contribution < -0.4 is 5.32 Å². The van der Waals surface area contributed by atoms with Gasteiger partial charge in [-0.15, -0.1) is 0 Å². The van der Waals surface area contributed by atoms with Crippen LogP contribution in [0.25, 0.3) is 0 Å². The fourth-order valence-electron chi connectivity index (χ4n) is 2.55. The summed E-state index contributed by atoms with van der Waals surface area (Å²) >= 11 is 0. The third kappa shape index (κ3) is 4.29. The lowest BCUT2D eigenvalue weighted by Crippen LogP contribution is -2.40. The molecule has 1 aliphatic rings. The summed E-state index contributed by atoms with van der Waals surface area (Å²) in [6.07, 6.45) is 2.02. The number of rotatable bonds is 6. The van der Waals surface area contributed by atoms with Gasteiger partial charge in [0.1, 0.15) is 0 Å². The van der Waals surface area contributed by atoms with Gasteiger partial charge in [-0.3, -0.25) is 14.5 Å². The van der Waals surface area contributed by atoms with Crippen LogP contribution in [0.4, 0.5) is 0 Å². The second-order valence-corrected chi connectivity index (χ2v) is 5.37. The van der Waals surface area contributed by atoms with Crippen LogP contribution in [-0.2, 0) is 9.59 Å². The van der Waals surface area contributed by atoms with Gasteiger partial charge in [0.25, 0.3) is 0 Å². The van der Waals surface area contributed by atoms with E-state index in [0.717, 1.165) is 12.8 Å². The van der Waals surface area contributed by atoms with Crippen molar-refractivity contribution in [2.45, 2.75) is 39.7 Å². The van der Waals surface area contributed by atoms with Gasteiger partial charge in [-0.1, -0.05) is 20.3 Å². The number of nitrogens with one attached hydrogen (secondary N) is 1. The first-order valence-electron chi connectivity index (χ1n) is 6.68. The zero-order chi connectivity index (χ0) is 13.7. The number of likely N-dealkylation sites (tertiary alicyclic amines) is 1. The molecule has 1 heterocycles. The predicted octanol–water partition coefficient (Wildman–Crippen LogP) is 0.944. The van der Waals surface area contributed by atoms with Crippen molar-refractivity contribution >= 4 is 11.9 Å². The quantitative estimate of drug-likeness (QED) is 0.742. The van der Waals surface area contributed by atoms with E-state index in [4.69, 9.17) is 5.11 Å². The molecule has 0 aromatic rings. The summed E-state index contributed by atoms with van der Waals surface area (Å²) < 4.78 is 0. The molecule has 0 aliphatic carbocycles. The van der Waals surface area contributed by atoms with E-state index in [-0.39, 0.29) is 23.8 Å². The minimum atomic E-state index is -0.759. The summed E-state index contributed by atoms with van der Waals surface area (Å²) in [4.78, 5) is 24.7. The molecule has 0 radical (unpaired) electrons. The van der Waals surface area contributed by atoms with Crippen molar-refractivity contribution in [2.24, 2.45) is 11.8 Å². The van der Waals surface area contributed by atoms with Crippen LogP contribution in [0.2, 0.25) is 0 Å². The maximum Gasteiger partial charge on any atom is 0.308 e. The van der Waals surface area contributed by atoms with E-state index in [2.05, 4.69) is 12.2 Å². The molecule has 0 aromatic carbocycles. The number of nitrogens with zero attached hydrogens (tertiary/aromatic N) is 1. The molecule has 1 aliphatic heterocycles. The van der Waals surface area contributed by atoms with E-state index in [1.807, 2.05) is 18.7 Å². The third-order valence-electron chi connectivity index (χ3n) is 3.50. The van der Waals surface area contributed by atoms with Gasteiger partial charge in [0.2, 0.25) is 5.91 Å². The standard InChI is InChI=1S/C13H24N2O3/c1-4-5-10(3)14-12(16)8-15-6-9(2)11(7-15)13(17)18/h9-11H,4-8H2,1-3H3,(H,14,16)(H,17,18)/t9-,10?,11-/m1/s1. The molecular formula is C13H24N2O3.